The highest BCUT2D eigenvalue weighted by Gasteiger charge is 2.32. The molecular formula is C19H21FN4O5S. The van der Waals surface area contributed by atoms with Crippen LogP contribution in [0, 0.1) is 15.9 Å². The van der Waals surface area contributed by atoms with Crippen molar-refractivity contribution in [3.05, 3.63) is 64.5 Å². The van der Waals surface area contributed by atoms with E-state index in [4.69, 9.17) is 0 Å². The van der Waals surface area contributed by atoms with Crippen molar-refractivity contribution in [1.82, 2.24) is 9.21 Å². The summed E-state index contributed by atoms with van der Waals surface area (Å²) in [6, 6.07) is 9.69. The minimum absolute atomic E-state index is 0.0105. The van der Waals surface area contributed by atoms with Crippen LogP contribution in [0.3, 0.4) is 0 Å². The normalized spacial score (nSPS) is 16.7. The summed E-state index contributed by atoms with van der Waals surface area (Å²) in [6.07, 6.45) is 0. The summed E-state index contributed by atoms with van der Waals surface area (Å²) in [4.78, 5) is 24.5. The van der Waals surface area contributed by atoms with Crippen molar-refractivity contribution >= 4 is 27.3 Å². The Morgan fingerprint density at radius 1 is 1.07 bits per heavy atom. The number of anilines is 1. The Labute approximate surface area is 173 Å². The third-order valence-corrected chi connectivity index (χ3v) is 6.91. The van der Waals surface area contributed by atoms with Crippen LogP contribution in [0.25, 0.3) is 0 Å². The van der Waals surface area contributed by atoms with Gasteiger partial charge in [-0.2, -0.15) is 4.31 Å². The SMILES string of the molecule is C[C@H](C(=O)Nc1ccc(F)cc1)N1CCN(S(=O)(=O)c2ccc([N+](=O)[O-])cc2)CC1. The molecular weight excluding hydrogens is 415 g/mol. The number of nitro groups is 1. The van der Waals surface area contributed by atoms with Gasteiger partial charge in [0.05, 0.1) is 15.9 Å². The molecule has 1 amide bonds. The van der Waals surface area contributed by atoms with Crippen LogP contribution >= 0.6 is 0 Å². The molecule has 0 aromatic heterocycles. The summed E-state index contributed by atoms with van der Waals surface area (Å²) in [5.74, 6) is -0.667. The third kappa shape index (κ3) is 4.81. The molecule has 1 N–H and O–H groups in total. The van der Waals surface area contributed by atoms with E-state index < -0.39 is 26.8 Å². The minimum atomic E-state index is -3.78. The molecule has 0 radical (unpaired) electrons. The molecule has 1 aliphatic rings. The van der Waals surface area contributed by atoms with Crippen LogP contribution in [-0.2, 0) is 14.8 Å². The largest absolute Gasteiger partial charge is 0.325 e. The van der Waals surface area contributed by atoms with Gasteiger partial charge in [-0.1, -0.05) is 0 Å². The van der Waals surface area contributed by atoms with E-state index in [1.807, 2.05) is 4.90 Å². The lowest BCUT2D eigenvalue weighted by molar-refractivity contribution is -0.384. The summed E-state index contributed by atoms with van der Waals surface area (Å²) in [5.41, 5.74) is 0.299. The zero-order valence-electron chi connectivity index (χ0n) is 16.2. The smallest absolute Gasteiger partial charge is 0.269 e. The van der Waals surface area contributed by atoms with E-state index in [0.717, 1.165) is 12.1 Å². The van der Waals surface area contributed by atoms with Gasteiger partial charge in [-0.05, 0) is 43.3 Å². The predicted molar refractivity (Wildman–Crippen MR) is 108 cm³/mol. The van der Waals surface area contributed by atoms with Crippen molar-refractivity contribution in [3.63, 3.8) is 0 Å². The number of non-ortho nitro benzene ring substituents is 1. The first-order valence-corrected chi connectivity index (χ1v) is 10.7. The molecule has 160 valence electrons. The molecule has 2 aromatic carbocycles. The molecule has 1 atom stereocenters. The van der Waals surface area contributed by atoms with Gasteiger partial charge in [-0.25, -0.2) is 12.8 Å². The first-order chi connectivity index (χ1) is 14.2. The van der Waals surface area contributed by atoms with Crippen LogP contribution in [0.4, 0.5) is 15.8 Å². The zero-order valence-corrected chi connectivity index (χ0v) is 17.0. The van der Waals surface area contributed by atoms with E-state index in [2.05, 4.69) is 5.32 Å². The van der Waals surface area contributed by atoms with Crippen LogP contribution in [0.2, 0.25) is 0 Å². The fraction of sp³-hybridized carbons (Fsp3) is 0.316. The summed E-state index contributed by atoms with van der Waals surface area (Å²) >= 11 is 0. The van der Waals surface area contributed by atoms with Crippen LogP contribution in [0.5, 0.6) is 0 Å². The van der Waals surface area contributed by atoms with Gasteiger partial charge in [0.2, 0.25) is 15.9 Å². The molecule has 0 spiro atoms. The summed E-state index contributed by atoms with van der Waals surface area (Å²) < 4.78 is 39.8. The van der Waals surface area contributed by atoms with Gasteiger partial charge in [0.1, 0.15) is 5.82 Å². The molecule has 3 rings (SSSR count). The summed E-state index contributed by atoms with van der Waals surface area (Å²) in [7, 11) is -3.78. The quantitative estimate of drug-likeness (QED) is 0.548. The van der Waals surface area contributed by atoms with Gasteiger partial charge < -0.3 is 5.32 Å². The number of carbonyl (C=O) groups excluding carboxylic acids is 1. The van der Waals surface area contributed by atoms with Gasteiger partial charge in [0.25, 0.3) is 5.69 Å². The number of hydrogen-bond acceptors (Lipinski definition) is 6. The maximum atomic E-state index is 13.0. The number of nitrogens with zero attached hydrogens (tertiary/aromatic N) is 3. The minimum Gasteiger partial charge on any atom is -0.325 e. The number of carbonyl (C=O) groups is 1. The third-order valence-electron chi connectivity index (χ3n) is 5.00. The molecule has 9 nitrogen and oxygen atoms in total. The van der Waals surface area contributed by atoms with E-state index in [-0.39, 0.29) is 29.6 Å². The second-order valence-corrected chi connectivity index (χ2v) is 8.80. The maximum Gasteiger partial charge on any atom is 0.269 e. The van der Waals surface area contributed by atoms with Gasteiger partial charge in [-0.15, -0.1) is 0 Å². The van der Waals surface area contributed by atoms with E-state index in [9.17, 15) is 27.7 Å². The van der Waals surface area contributed by atoms with E-state index in [1.165, 1.54) is 40.7 Å². The van der Waals surface area contributed by atoms with E-state index in [1.54, 1.807) is 6.92 Å². The second-order valence-electron chi connectivity index (χ2n) is 6.86. The van der Waals surface area contributed by atoms with Crippen LogP contribution in [0.1, 0.15) is 6.92 Å². The molecule has 1 aliphatic heterocycles. The van der Waals surface area contributed by atoms with Gasteiger partial charge >= 0.3 is 0 Å². The van der Waals surface area contributed by atoms with Crippen LogP contribution in [0.15, 0.2) is 53.4 Å². The van der Waals surface area contributed by atoms with Crippen molar-refractivity contribution in [2.75, 3.05) is 31.5 Å². The van der Waals surface area contributed by atoms with Crippen molar-refractivity contribution in [1.29, 1.82) is 0 Å². The number of amides is 1. The number of nitrogens with one attached hydrogen (secondary N) is 1. The van der Waals surface area contributed by atoms with Crippen molar-refractivity contribution in [3.8, 4) is 0 Å². The topological polar surface area (TPSA) is 113 Å². The first kappa shape index (κ1) is 21.8. The van der Waals surface area contributed by atoms with E-state index in [0.29, 0.717) is 18.8 Å². The van der Waals surface area contributed by atoms with Crippen LogP contribution in [-0.4, -0.2) is 60.7 Å². The summed E-state index contributed by atoms with van der Waals surface area (Å²) in [5, 5.41) is 13.5. The average Bonchev–Trinajstić information content (AvgIpc) is 2.75. The number of benzene rings is 2. The number of rotatable bonds is 6. The molecule has 0 aliphatic carbocycles. The Morgan fingerprint density at radius 2 is 1.63 bits per heavy atom. The molecule has 30 heavy (non-hydrogen) atoms. The number of hydrogen-bond donors (Lipinski definition) is 1. The first-order valence-electron chi connectivity index (χ1n) is 9.23. The Hall–Kier alpha value is -2.89. The highest BCUT2D eigenvalue weighted by Crippen LogP contribution is 2.21. The molecule has 1 heterocycles. The Bertz CT molecular complexity index is 1020. The Kier molecular flexibility index (Phi) is 6.44. The van der Waals surface area contributed by atoms with Gasteiger partial charge in [-0.3, -0.25) is 19.8 Å². The van der Waals surface area contributed by atoms with Gasteiger partial charge in [0.15, 0.2) is 0 Å². The van der Waals surface area contributed by atoms with Crippen molar-refractivity contribution in [2.24, 2.45) is 0 Å². The zero-order chi connectivity index (χ0) is 21.9. The van der Waals surface area contributed by atoms with Gasteiger partial charge in [0, 0.05) is 44.0 Å². The highest BCUT2D eigenvalue weighted by atomic mass is 32.2. The lowest BCUT2D eigenvalue weighted by atomic mass is 10.2. The molecule has 0 unspecified atom stereocenters. The standard InChI is InChI=1S/C19H21FN4O5S/c1-14(19(25)21-16-4-2-15(20)3-5-16)22-10-12-23(13-11-22)30(28,29)18-8-6-17(7-9-18)24(26)27/h2-9,14H,10-13H2,1H3,(H,21,25)/t14-/m1/s1. The number of nitro benzene ring substituents is 1. The molecule has 0 bridgehead atoms. The van der Waals surface area contributed by atoms with E-state index >= 15 is 0 Å². The predicted octanol–water partition coefficient (Wildman–Crippen LogP) is 2.07. The Morgan fingerprint density at radius 3 is 2.17 bits per heavy atom. The number of halogens is 1. The molecule has 2 aromatic rings. The number of piperazine rings is 1. The molecule has 1 saturated heterocycles. The fourth-order valence-electron chi connectivity index (χ4n) is 3.17. The molecule has 11 heteroatoms. The highest BCUT2D eigenvalue weighted by molar-refractivity contribution is 7.89. The number of sulfonamides is 1. The summed E-state index contributed by atoms with van der Waals surface area (Å²) in [6.45, 7) is 2.80. The average molecular weight is 436 g/mol. The van der Waals surface area contributed by atoms with Crippen LogP contribution < -0.4 is 5.32 Å². The lowest BCUT2D eigenvalue weighted by Crippen LogP contribution is -2.53. The van der Waals surface area contributed by atoms with Crippen molar-refractivity contribution < 1.29 is 22.5 Å². The molecule has 1 fully saturated rings. The fourth-order valence-corrected chi connectivity index (χ4v) is 4.59. The maximum absolute atomic E-state index is 13.0. The Balaban J connectivity index is 1.59. The lowest BCUT2D eigenvalue weighted by Gasteiger charge is -2.36. The second kappa shape index (κ2) is 8.86. The molecule has 0 saturated carbocycles. The monoisotopic (exact) mass is 436 g/mol. The van der Waals surface area contributed by atoms with Crippen molar-refractivity contribution in [2.45, 2.75) is 17.9 Å².